The average Bonchev–Trinajstić information content (AvgIpc) is 2.55. The van der Waals surface area contributed by atoms with E-state index >= 15 is 0 Å². The van der Waals surface area contributed by atoms with E-state index in [0.717, 1.165) is 11.1 Å². The van der Waals surface area contributed by atoms with Crippen molar-refractivity contribution in [3.05, 3.63) is 71.8 Å². The highest BCUT2D eigenvalue weighted by Crippen LogP contribution is 2.39. The molecule has 0 saturated carbocycles. The third-order valence-corrected chi connectivity index (χ3v) is 3.37. The summed E-state index contributed by atoms with van der Waals surface area (Å²) in [7, 11) is 0. The predicted octanol–water partition coefficient (Wildman–Crippen LogP) is 3.65. The highest BCUT2D eigenvalue weighted by molar-refractivity contribution is 5.27. The first-order valence-electron chi connectivity index (χ1n) is 7.31. The monoisotopic (exact) mass is 286 g/mol. The average molecular weight is 286 g/mol. The molecule has 1 N–H and O–H groups in total. The van der Waals surface area contributed by atoms with Crippen LogP contribution < -0.4 is 0 Å². The maximum atomic E-state index is 10.9. The first-order chi connectivity index (χ1) is 10.2. The van der Waals surface area contributed by atoms with Crippen LogP contribution in [0, 0.1) is 0 Å². The number of aliphatic hydroxyl groups is 1. The Hall–Kier alpha value is -1.68. The van der Waals surface area contributed by atoms with Crippen molar-refractivity contribution < 1.29 is 14.6 Å². The van der Waals surface area contributed by atoms with Gasteiger partial charge in [-0.1, -0.05) is 60.7 Å². The van der Waals surface area contributed by atoms with Crippen LogP contribution in [0.15, 0.2) is 60.7 Å². The van der Waals surface area contributed by atoms with Gasteiger partial charge < -0.3 is 14.6 Å². The summed E-state index contributed by atoms with van der Waals surface area (Å²) in [6.45, 7) is 4.68. The van der Waals surface area contributed by atoms with Crippen LogP contribution >= 0.6 is 0 Å². The van der Waals surface area contributed by atoms with Gasteiger partial charge in [-0.2, -0.15) is 0 Å². The van der Waals surface area contributed by atoms with Crippen LogP contribution in [0.25, 0.3) is 0 Å². The molecule has 1 unspecified atom stereocenters. The van der Waals surface area contributed by atoms with Crippen LogP contribution in [0.4, 0.5) is 0 Å². The molecule has 0 fully saturated rings. The Labute approximate surface area is 126 Å². The fraction of sp³-hybridized carbons (Fsp3) is 0.333. The lowest BCUT2D eigenvalue weighted by Crippen LogP contribution is -2.40. The molecule has 0 saturated heterocycles. The molecule has 0 spiro atoms. The van der Waals surface area contributed by atoms with E-state index in [2.05, 4.69) is 0 Å². The maximum Gasteiger partial charge on any atom is 0.226 e. The quantitative estimate of drug-likeness (QED) is 0.790. The molecule has 2 aromatic rings. The second kappa shape index (κ2) is 7.36. The molecule has 0 amide bonds. The van der Waals surface area contributed by atoms with E-state index in [1.807, 2.05) is 74.5 Å². The molecule has 0 aliphatic rings. The number of ether oxygens (including phenoxy) is 2. The van der Waals surface area contributed by atoms with Gasteiger partial charge in [0.25, 0.3) is 0 Å². The van der Waals surface area contributed by atoms with Crippen molar-refractivity contribution in [3.8, 4) is 0 Å². The van der Waals surface area contributed by atoms with Crippen molar-refractivity contribution in [2.75, 3.05) is 13.2 Å². The third-order valence-electron chi connectivity index (χ3n) is 3.37. The van der Waals surface area contributed by atoms with Gasteiger partial charge in [-0.3, -0.25) is 0 Å². The van der Waals surface area contributed by atoms with Gasteiger partial charge in [0.05, 0.1) is 0 Å². The Morgan fingerprint density at radius 3 is 1.81 bits per heavy atom. The van der Waals surface area contributed by atoms with Gasteiger partial charge in [0.2, 0.25) is 5.79 Å². The molecule has 0 aromatic heterocycles. The molecular formula is C18H22O3. The molecule has 2 rings (SSSR count). The third kappa shape index (κ3) is 3.32. The zero-order valence-electron chi connectivity index (χ0n) is 12.5. The largest absolute Gasteiger partial charge is 0.382 e. The minimum Gasteiger partial charge on any atom is -0.382 e. The SMILES string of the molecule is CCOC(OCC)(c1ccccc1)C(O)c1ccccc1. The Bertz CT molecular complexity index is 519. The van der Waals surface area contributed by atoms with Crippen LogP contribution in [-0.4, -0.2) is 18.3 Å². The van der Waals surface area contributed by atoms with Crippen molar-refractivity contribution in [2.45, 2.75) is 25.7 Å². The Kier molecular flexibility index (Phi) is 5.51. The summed E-state index contributed by atoms with van der Waals surface area (Å²) >= 11 is 0. The molecular weight excluding hydrogens is 264 g/mol. The Morgan fingerprint density at radius 2 is 1.33 bits per heavy atom. The zero-order valence-corrected chi connectivity index (χ0v) is 12.5. The van der Waals surface area contributed by atoms with E-state index in [-0.39, 0.29) is 0 Å². The van der Waals surface area contributed by atoms with Gasteiger partial charge in [-0.15, -0.1) is 0 Å². The van der Waals surface area contributed by atoms with Crippen molar-refractivity contribution in [1.82, 2.24) is 0 Å². The Morgan fingerprint density at radius 1 is 0.857 bits per heavy atom. The summed E-state index contributed by atoms with van der Waals surface area (Å²) in [4.78, 5) is 0. The molecule has 21 heavy (non-hydrogen) atoms. The molecule has 3 heteroatoms. The second-order valence-electron chi connectivity index (χ2n) is 4.71. The molecule has 0 aliphatic carbocycles. The lowest BCUT2D eigenvalue weighted by molar-refractivity contribution is -0.293. The van der Waals surface area contributed by atoms with Crippen LogP contribution in [0.3, 0.4) is 0 Å². The standard InChI is InChI=1S/C18H22O3/c1-3-20-18(21-4-2,16-13-9-6-10-14-16)17(19)15-11-7-5-8-12-15/h5-14,17,19H,3-4H2,1-2H3. The minimum absolute atomic E-state index is 0.443. The van der Waals surface area contributed by atoms with Crippen LogP contribution in [0.2, 0.25) is 0 Å². The highest BCUT2D eigenvalue weighted by atomic mass is 16.7. The van der Waals surface area contributed by atoms with Crippen LogP contribution in [0.1, 0.15) is 31.1 Å². The smallest absolute Gasteiger partial charge is 0.226 e. The van der Waals surface area contributed by atoms with Crippen LogP contribution in [-0.2, 0) is 15.3 Å². The number of rotatable bonds is 7. The second-order valence-corrected chi connectivity index (χ2v) is 4.71. The maximum absolute atomic E-state index is 10.9. The summed E-state index contributed by atoms with van der Waals surface area (Å²) in [5, 5.41) is 10.9. The molecule has 0 aliphatic heterocycles. The van der Waals surface area contributed by atoms with Crippen LogP contribution in [0.5, 0.6) is 0 Å². The van der Waals surface area contributed by atoms with E-state index in [9.17, 15) is 5.11 Å². The number of benzene rings is 2. The fourth-order valence-electron chi connectivity index (χ4n) is 2.48. The minimum atomic E-state index is -1.19. The highest BCUT2D eigenvalue weighted by Gasteiger charge is 2.42. The first-order valence-corrected chi connectivity index (χ1v) is 7.31. The molecule has 0 heterocycles. The van der Waals surface area contributed by atoms with Gasteiger partial charge in [-0.05, 0) is 19.4 Å². The number of hydrogen-bond donors (Lipinski definition) is 1. The zero-order chi connectivity index (χ0) is 15.1. The van der Waals surface area contributed by atoms with Gasteiger partial charge in [-0.25, -0.2) is 0 Å². The lowest BCUT2D eigenvalue weighted by atomic mass is 9.94. The van der Waals surface area contributed by atoms with E-state index < -0.39 is 11.9 Å². The summed E-state index contributed by atoms with van der Waals surface area (Å²) in [5.41, 5.74) is 1.58. The summed E-state index contributed by atoms with van der Waals surface area (Å²) in [6, 6.07) is 19.1. The molecule has 2 aromatic carbocycles. The number of aliphatic hydroxyl groups excluding tert-OH is 1. The summed E-state index contributed by atoms with van der Waals surface area (Å²) in [5.74, 6) is -1.19. The van der Waals surface area contributed by atoms with Gasteiger partial charge >= 0.3 is 0 Å². The van der Waals surface area contributed by atoms with E-state index in [1.54, 1.807) is 0 Å². The van der Waals surface area contributed by atoms with Gasteiger partial charge in [0, 0.05) is 18.8 Å². The van der Waals surface area contributed by atoms with Gasteiger partial charge in [0.15, 0.2) is 0 Å². The number of hydrogen-bond acceptors (Lipinski definition) is 3. The van der Waals surface area contributed by atoms with Gasteiger partial charge in [0.1, 0.15) is 6.10 Å². The van der Waals surface area contributed by atoms with E-state index in [1.165, 1.54) is 0 Å². The molecule has 0 bridgehead atoms. The first kappa shape index (κ1) is 15.7. The fourth-order valence-corrected chi connectivity index (χ4v) is 2.48. The van der Waals surface area contributed by atoms with E-state index in [0.29, 0.717) is 13.2 Å². The summed E-state index contributed by atoms with van der Waals surface area (Å²) < 4.78 is 11.8. The molecule has 3 nitrogen and oxygen atoms in total. The van der Waals surface area contributed by atoms with Crippen molar-refractivity contribution >= 4 is 0 Å². The normalized spacial score (nSPS) is 13.1. The topological polar surface area (TPSA) is 38.7 Å². The lowest BCUT2D eigenvalue weighted by Gasteiger charge is -2.37. The molecule has 1 atom stereocenters. The van der Waals surface area contributed by atoms with Crippen molar-refractivity contribution in [2.24, 2.45) is 0 Å². The van der Waals surface area contributed by atoms with Crippen molar-refractivity contribution in [1.29, 1.82) is 0 Å². The molecule has 0 radical (unpaired) electrons. The predicted molar refractivity (Wildman–Crippen MR) is 82.8 cm³/mol. The summed E-state index contributed by atoms with van der Waals surface area (Å²) in [6.07, 6.45) is -0.902. The van der Waals surface area contributed by atoms with Crippen molar-refractivity contribution in [3.63, 3.8) is 0 Å². The van der Waals surface area contributed by atoms with E-state index in [4.69, 9.17) is 9.47 Å². The Balaban J connectivity index is 2.48. The molecule has 112 valence electrons.